The highest BCUT2D eigenvalue weighted by Gasteiger charge is 2.13. The Morgan fingerprint density at radius 3 is 3.12 bits per heavy atom. The van der Waals surface area contributed by atoms with Gasteiger partial charge in [-0.05, 0) is 18.6 Å². The molecule has 0 fully saturated rings. The molecule has 3 nitrogen and oxygen atoms in total. The van der Waals surface area contributed by atoms with Crippen molar-refractivity contribution in [2.75, 3.05) is 19.8 Å². The standard InChI is InChI=1S/C13H17NO2/c1-2-9-16-13-11-6-3-4-7-12(11)15-10-5-8-14-13/h3-4,6-7H,2,5,8-10H2,1H3. The van der Waals surface area contributed by atoms with E-state index in [1.54, 1.807) is 0 Å². The first-order chi connectivity index (χ1) is 7.92. The Morgan fingerprint density at radius 1 is 1.38 bits per heavy atom. The van der Waals surface area contributed by atoms with E-state index in [4.69, 9.17) is 9.47 Å². The van der Waals surface area contributed by atoms with Crippen LogP contribution < -0.4 is 4.74 Å². The van der Waals surface area contributed by atoms with Crippen molar-refractivity contribution in [2.24, 2.45) is 4.99 Å². The average molecular weight is 219 g/mol. The quantitative estimate of drug-likeness (QED) is 0.765. The summed E-state index contributed by atoms with van der Waals surface area (Å²) in [5.74, 6) is 1.59. The molecule has 1 aliphatic rings. The lowest BCUT2D eigenvalue weighted by molar-refractivity contribution is 0.285. The molecule has 0 atom stereocenters. The van der Waals surface area contributed by atoms with Crippen LogP contribution in [0.3, 0.4) is 0 Å². The van der Waals surface area contributed by atoms with E-state index >= 15 is 0 Å². The van der Waals surface area contributed by atoms with Crippen molar-refractivity contribution >= 4 is 5.90 Å². The van der Waals surface area contributed by atoms with Crippen molar-refractivity contribution in [1.29, 1.82) is 0 Å². The number of para-hydroxylation sites is 1. The molecule has 0 radical (unpaired) electrons. The highest BCUT2D eigenvalue weighted by atomic mass is 16.5. The third-order valence-electron chi connectivity index (χ3n) is 2.38. The number of rotatable bonds is 2. The van der Waals surface area contributed by atoms with Gasteiger partial charge in [0.05, 0.1) is 18.8 Å². The molecule has 86 valence electrons. The monoisotopic (exact) mass is 219 g/mol. The molecule has 0 N–H and O–H groups in total. The highest BCUT2D eigenvalue weighted by molar-refractivity contribution is 5.96. The van der Waals surface area contributed by atoms with E-state index in [1.165, 1.54) is 0 Å². The molecule has 0 saturated carbocycles. The molecule has 3 heteroatoms. The van der Waals surface area contributed by atoms with Crippen LogP contribution in [0.25, 0.3) is 0 Å². The molecule has 0 saturated heterocycles. The molecule has 1 aromatic carbocycles. The summed E-state index contributed by atoms with van der Waals surface area (Å²) in [6, 6.07) is 7.91. The Bertz CT molecular complexity index is 374. The van der Waals surface area contributed by atoms with Gasteiger partial charge in [0.15, 0.2) is 0 Å². The third kappa shape index (κ3) is 2.54. The van der Waals surface area contributed by atoms with Gasteiger partial charge in [-0.25, -0.2) is 0 Å². The van der Waals surface area contributed by atoms with Crippen LogP contribution in [0.4, 0.5) is 0 Å². The maximum atomic E-state index is 5.68. The van der Waals surface area contributed by atoms with Crippen LogP contribution in [0.2, 0.25) is 0 Å². The van der Waals surface area contributed by atoms with E-state index < -0.39 is 0 Å². The first kappa shape index (κ1) is 11.0. The number of fused-ring (bicyclic) bond motifs is 1. The van der Waals surface area contributed by atoms with Crippen molar-refractivity contribution in [3.8, 4) is 5.75 Å². The maximum absolute atomic E-state index is 5.68. The second kappa shape index (κ2) is 5.54. The minimum atomic E-state index is 0.702. The van der Waals surface area contributed by atoms with Crippen molar-refractivity contribution in [3.63, 3.8) is 0 Å². The van der Waals surface area contributed by atoms with Crippen LogP contribution in [0, 0.1) is 0 Å². The summed E-state index contributed by atoms with van der Waals surface area (Å²) in [7, 11) is 0. The molecule has 1 aromatic rings. The van der Waals surface area contributed by atoms with Gasteiger partial charge in [-0.3, -0.25) is 4.99 Å². The van der Waals surface area contributed by atoms with Crippen molar-refractivity contribution in [1.82, 2.24) is 0 Å². The lowest BCUT2D eigenvalue weighted by Crippen LogP contribution is -2.14. The van der Waals surface area contributed by atoms with Crippen LogP contribution in [-0.4, -0.2) is 25.7 Å². The van der Waals surface area contributed by atoms with Crippen molar-refractivity contribution in [3.05, 3.63) is 29.8 Å². The van der Waals surface area contributed by atoms with E-state index in [1.807, 2.05) is 24.3 Å². The molecular formula is C13H17NO2. The summed E-state index contributed by atoms with van der Waals surface area (Å²) in [4.78, 5) is 4.48. The number of hydrogen-bond acceptors (Lipinski definition) is 3. The minimum Gasteiger partial charge on any atom is -0.493 e. The molecule has 1 heterocycles. The number of nitrogens with zero attached hydrogens (tertiary/aromatic N) is 1. The predicted octanol–water partition coefficient (Wildman–Crippen LogP) is 2.64. The van der Waals surface area contributed by atoms with Gasteiger partial charge in [0, 0.05) is 13.0 Å². The lowest BCUT2D eigenvalue weighted by Gasteiger charge is -2.16. The average Bonchev–Trinajstić information content (AvgIpc) is 2.30. The van der Waals surface area contributed by atoms with Gasteiger partial charge in [0.25, 0.3) is 0 Å². The minimum absolute atomic E-state index is 0.702. The zero-order valence-electron chi connectivity index (χ0n) is 9.61. The molecule has 0 bridgehead atoms. The van der Waals surface area contributed by atoms with Gasteiger partial charge >= 0.3 is 0 Å². The van der Waals surface area contributed by atoms with Crippen molar-refractivity contribution in [2.45, 2.75) is 19.8 Å². The molecule has 0 amide bonds. The summed E-state index contributed by atoms with van der Waals surface area (Å²) in [5.41, 5.74) is 0.968. The normalized spacial score (nSPS) is 15.2. The van der Waals surface area contributed by atoms with Gasteiger partial charge < -0.3 is 9.47 Å². The summed E-state index contributed by atoms with van der Waals surface area (Å²) < 4.78 is 11.3. The predicted molar refractivity (Wildman–Crippen MR) is 64.2 cm³/mol. The van der Waals surface area contributed by atoms with E-state index in [-0.39, 0.29) is 0 Å². The fraction of sp³-hybridized carbons (Fsp3) is 0.462. The van der Waals surface area contributed by atoms with Crippen molar-refractivity contribution < 1.29 is 9.47 Å². The van der Waals surface area contributed by atoms with Crippen LogP contribution in [0.15, 0.2) is 29.3 Å². The van der Waals surface area contributed by atoms with Gasteiger partial charge in [-0.2, -0.15) is 0 Å². The van der Waals surface area contributed by atoms with Gasteiger partial charge in [0.1, 0.15) is 5.75 Å². The first-order valence-corrected chi connectivity index (χ1v) is 5.81. The third-order valence-corrected chi connectivity index (χ3v) is 2.38. The Morgan fingerprint density at radius 2 is 2.25 bits per heavy atom. The molecule has 0 unspecified atom stereocenters. The first-order valence-electron chi connectivity index (χ1n) is 5.81. The largest absolute Gasteiger partial charge is 0.493 e. The van der Waals surface area contributed by atoms with Crippen LogP contribution in [-0.2, 0) is 4.74 Å². The molecular weight excluding hydrogens is 202 g/mol. The molecule has 16 heavy (non-hydrogen) atoms. The second-order valence-electron chi connectivity index (χ2n) is 3.73. The second-order valence-corrected chi connectivity index (χ2v) is 3.73. The number of aliphatic imine (C=N–C) groups is 1. The molecule has 0 aromatic heterocycles. The van der Waals surface area contributed by atoms with Crippen LogP contribution >= 0.6 is 0 Å². The Hall–Kier alpha value is -1.51. The summed E-state index contributed by atoms with van der Waals surface area (Å²) in [6.45, 7) is 4.29. The number of ether oxygens (including phenoxy) is 2. The van der Waals surface area contributed by atoms with Gasteiger partial charge in [0.2, 0.25) is 5.90 Å². The van der Waals surface area contributed by atoms with Gasteiger partial charge in [-0.1, -0.05) is 19.1 Å². The van der Waals surface area contributed by atoms with Gasteiger partial charge in [-0.15, -0.1) is 0 Å². The zero-order chi connectivity index (χ0) is 11.2. The van der Waals surface area contributed by atoms with E-state index in [9.17, 15) is 0 Å². The number of hydrogen-bond donors (Lipinski definition) is 0. The fourth-order valence-electron chi connectivity index (χ4n) is 1.60. The van der Waals surface area contributed by atoms with Crippen LogP contribution in [0.5, 0.6) is 5.75 Å². The smallest absolute Gasteiger partial charge is 0.219 e. The Kier molecular flexibility index (Phi) is 3.81. The molecule has 0 spiro atoms. The molecule has 0 aliphatic carbocycles. The maximum Gasteiger partial charge on any atom is 0.219 e. The Labute approximate surface area is 96.1 Å². The molecule has 1 aliphatic heterocycles. The van der Waals surface area contributed by atoms with E-state index in [0.717, 1.165) is 43.2 Å². The fourth-order valence-corrected chi connectivity index (χ4v) is 1.60. The SMILES string of the molecule is CCCOC1=NCCCOc2ccccc21. The Balaban J connectivity index is 2.27. The zero-order valence-corrected chi connectivity index (χ0v) is 9.61. The summed E-state index contributed by atoms with van der Waals surface area (Å²) in [6.07, 6.45) is 1.93. The van der Waals surface area contributed by atoms with E-state index in [2.05, 4.69) is 11.9 Å². The number of benzene rings is 1. The van der Waals surface area contributed by atoms with E-state index in [0.29, 0.717) is 6.61 Å². The summed E-state index contributed by atoms with van der Waals surface area (Å²) in [5, 5.41) is 0. The highest BCUT2D eigenvalue weighted by Crippen LogP contribution is 2.21. The topological polar surface area (TPSA) is 30.8 Å². The molecule has 2 rings (SSSR count). The summed E-state index contributed by atoms with van der Waals surface area (Å²) >= 11 is 0. The van der Waals surface area contributed by atoms with Crippen LogP contribution in [0.1, 0.15) is 25.3 Å². The lowest BCUT2D eigenvalue weighted by atomic mass is 10.2.